The number of oxime groups is 1. The van der Waals surface area contributed by atoms with Crippen LogP contribution in [0.25, 0.3) is 0 Å². The highest BCUT2D eigenvalue weighted by atomic mass is 35.5. The largest absolute Gasteiger partial charge is 0.382 e. The van der Waals surface area contributed by atoms with Crippen LogP contribution >= 0.6 is 34.3 Å². The average Bonchev–Trinajstić information content (AvgIpc) is 3.17. The number of thiazole rings is 1. The molecule has 8 heteroatoms. The van der Waals surface area contributed by atoms with Crippen molar-refractivity contribution >= 4 is 51.0 Å². The van der Waals surface area contributed by atoms with Gasteiger partial charge in [0.1, 0.15) is 5.71 Å². The van der Waals surface area contributed by atoms with Crippen molar-refractivity contribution in [2.75, 3.05) is 11.9 Å². The highest BCUT2D eigenvalue weighted by molar-refractivity contribution is 7.18. The second-order valence-corrected chi connectivity index (χ2v) is 6.74. The summed E-state index contributed by atoms with van der Waals surface area (Å²) in [5.41, 5.74) is 0.757. The zero-order valence-electron chi connectivity index (χ0n) is 10.4. The number of likely N-dealkylation sites (N-methyl/N-ethyl adjacent to an activating group) is 1. The smallest absolute Gasteiger partial charge is 0.272 e. The van der Waals surface area contributed by atoms with Gasteiger partial charge in [-0.1, -0.05) is 16.8 Å². The summed E-state index contributed by atoms with van der Waals surface area (Å²) in [7, 11) is 1.69. The van der Waals surface area contributed by atoms with Crippen molar-refractivity contribution in [1.29, 1.82) is 0 Å². The maximum absolute atomic E-state index is 12.3. The molecule has 0 saturated heterocycles. The Bertz CT molecular complexity index is 653. The lowest BCUT2D eigenvalue weighted by Crippen LogP contribution is -2.36. The van der Waals surface area contributed by atoms with E-state index in [1.165, 1.54) is 27.6 Å². The molecule has 5 nitrogen and oxygen atoms in total. The van der Waals surface area contributed by atoms with E-state index in [1.54, 1.807) is 19.3 Å². The first kappa shape index (κ1) is 13.5. The van der Waals surface area contributed by atoms with Crippen LogP contribution in [0.15, 0.2) is 28.9 Å². The Labute approximate surface area is 128 Å². The predicted molar refractivity (Wildman–Crippen MR) is 80.9 cm³/mol. The minimum atomic E-state index is -0.597. The standard InChI is InChI=1S/C12H10ClN3O2S2/c1-16(12-14-4-5-19-12)11(17)8-6-7(15-18-8)9-2-3-10(13)20-9/h2-5,8H,6H2,1H3/t8-/m1/s1. The third-order valence-electron chi connectivity index (χ3n) is 2.84. The van der Waals surface area contributed by atoms with Crippen molar-refractivity contribution < 1.29 is 9.63 Å². The van der Waals surface area contributed by atoms with Crippen LogP contribution in [0.4, 0.5) is 5.13 Å². The van der Waals surface area contributed by atoms with E-state index < -0.39 is 6.10 Å². The Balaban J connectivity index is 1.68. The summed E-state index contributed by atoms with van der Waals surface area (Å²) < 4.78 is 0.692. The van der Waals surface area contributed by atoms with Crippen LogP contribution in [0, 0.1) is 0 Å². The molecule has 3 heterocycles. The lowest BCUT2D eigenvalue weighted by atomic mass is 10.1. The molecule has 20 heavy (non-hydrogen) atoms. The molecule has 0 saturated carbocycles. The Hall–Kier alpha value is -1.44. The number of thiophene rings is 1. The van der Waals surface area contributed by atoms with Crippen LogP contribution < -0.4 is 4.90 Å². The molecular formula is C12H10ClN3O2S2. The first-order chi connectivity index (χ1) is 9.65. The first-order valence-corrected chi connectivity index (χ1v) is 7.88. The normalized spacial score (nSPS) is 17.7. The van der Waals surface area contributed by atoms with Gasteiger partial charge < -0.3 is 4.84 Å². The monoisotopic (exact) mass is 327 g/mol. The Morgan fingerprint density at radius 3 is 3.05 bits per heavy atom. The van der Waals surface area contributed by atoms with Crippen LogP contribution in [0.2, 0.25) is 4.34 Å². The van der Waals surface area contributed by atoms with Gasteiger partial charge in [0.2, 0.25) is 6.10 Å². The van der Waals surface area contributed by atoms with Crippen molar-refractivity contribution in [3.8, 4) is 0 Å². The molecule has 0 fully saturated rings. The molecule has 1 aliphatic heterocycles. The molecule has 2 aromatic heterocycles. The second-order valence-electron chi connectivity index (χ2n) is 4.15. The van der Waals surface area contributed by atoms with E-state index in [-0.39, 0.29) is 5.91 Å². The molecule has 0 N–H and O–H groups in total. The van der Waals surface area contributed by atoms with Gasteiger partial charge in [-0.15, -0.1) is 22.7 Å². The summed E-state index contributed by atoms with van der Waals surface area (Å²) in [5.74, 6) is -0.152. The number of carbonyl (C=O) groups is 1. The number of anilines is 1. The SMILES string of the molecule is CN(C(=O)[C@H]1CC(c2ccc(Cl)s2)=NO1)c1nccs1. The Morgan fingerprint density at radius 2 is 2.40 bits per heavy atom. The van der Waals surface area contributed by atoms with Gasteiger partial charge in [0, 0.05) is 25.0 Å². The number of rotatable bonds is 3. The molecule has 1 aliphatic rings. The average molecular weight is 328 g/mol. The third-order valence-corrected chi connectivity index (χ3v) is 4.97. The molecule has 0 spiro atoms. The van der Waals surface area contributed by atoms with Crippen LogP contribution in [-0.2, 0) is 9.63 Å². The quantitative estimate of drug-likeness (QED) is 0.870. The molecular weight excluding hydrogens is 318 g/mol. The Morgan fingerprint density at radius 1 is 1.55 bits per heavy atom. The van der Waals surface area contributed by atoms with Gasteiger partial charge in [-0.3, -0.25) is 9.69 Å². The molecule has 3 rings (SSSR count). The number of hydrogen-bond acceptors (Lipinski definition) is 6. The Kier molecular flexibility index (Phi) is 3.73. The first-order valence-electron chi connectivity index (χ1n) is 5.80. The fourth-order valence-corrected chi connectivity index (χ4v) is 3.46. The summed E-state index contributed by atoms with van der Waals surface area (Å²) in [6.07, 6.45) is 1.51. The predicted octanol–water partition coefficient (Wildman–Crippen LogP) is 3.01. The van der Waals surface area contributed by atoms with E-state index in [9.17, 15) is 4.79 Å². The van der Waals surface area contributed by atoms with Crippen molar-refractivity contribution in [3.63, 3.8) is 0 Å². The molecule has 0 aliphatic carbocycles. The molecule has 1 amide bonds. The molecule has 2 aromatic rings. The third kappa shape index (κ3) is 2.56. The highest BCUT2D eigenvalue weighted by Gasteiger charge is 2.32. The van der Waals surface area contributed by atoms with Crippen molar-refractivity contribution in [1.82, 2.24) is 4.98 Å². The second kappa shape index (κ2) is 5.51. The van der Waals surface area contributed by atoms with E-state index >= 15 is 0 Å². The summed E-state index contributed by atoms with van der Waals surface area (Å²) in [6, 6.07) is 3.69. The number of hydrogen-bond donors (Lipinski definition) is 0. The van der Waals surface area contributed by atoms with Crippen molar-refractivity contribution in [2.45, 2.75) is 12.5 Å². The summed E-state index contributed by atoms with van der Waals surface area (Å²) in [5, 5.41) is 6.46. The number of nitrogens with zero attached hydrogens (tertiary/aromatic N) is 3. The van der Waals surface area contributed by atoms with Gasteiger partial charge in [0.05, 0.1) is 9.21 Å². The van der Waals surface area contributed by atoms with Crippen LogP contribution in [0.3, 0.4) is 0 Å². The summed E-state index contributed by atoms with van der Waals surface area (Å²) in [6.45, 7) is 0. The highest BCUT2D eigenvalue weighted by Crippen LogP contribution is 2.27. The van der Waals surface area contributed by atoms with Gasteiger partial charge in [-0.2, -0.15) is 0 Å². The number of halogens is 1. The fraction of sp³-hybridized carbons (Fsp3) is 0.250. The van der Waals surface area contributed by atoms with E-state index in [0.29, 0.717) is 15.9 Å². The molecule has 0 unspecified atom stereocenters. The lowest BCUT2D eigenvalue weighted by molar-refractivity contribution is -0.128. The molecule has 0 aromatic carbocycles. The van der Waals surface area contributed by atoms with Crippen LogP contribution in [0.1, 0.15) is 11.3 Å². The summed E-state index contributed by atoms with van der Waals surface area (Å²) in [4.78, 5) is 24.1. The number of amides is 1. The van der Waals surface area contributed by atoms with Crippen LogP contribution in [-0.4, -0.2) is 29.8 Å². The van der Waals surface area contributed by atoms with Crippen LogP contribution in [0.5, 0.6) is 0 Å². The van der Waals surface area contributed by atoms with E-state index in [0.717, 1.165) is 10.6 Å². The minimum Gasteiger partial charge on any atom is -0.382 e. The van der Waals surface area contributed by atoms with Gasteiger partial charge in [0.15, 0.2) is 5.13 Å². The fourth-order valence-electron chi connectivity index (χ4n) is 1.82. The molecule has 0 radical (unpaired) electrons. The topological polar surface area (TPSA) is 54.8 Å². The molecule has 104 valence electrons. The minimum absolute atomic E-state index is 0.152. The maximum atomic E-state index is 12.3. The van der Waals surface area contributed by atoms with Gasteiger partial charge in [-0.05, 0) is 12.1 Å². The van der Waals surface area contributed by atoms with Gasteiger partial charge in [0.25, 0.3) is 5.91 Å². The van der Waals surface area contributed by atoms with E-state index in [4.69, 9.17) is 16.4 Å². The molecule has 1 atom stereocenters. The van der Waals surface area contributed by atoms with Crippen molar-refractivity contribution in [3.05, 3.63) is 32.9 Å². The number of aromatic nitrogens is 1. The lowest BCUT2D eigenvalue weighted by Gasteiger charge is -2.16. The van der Waals surface area contributed by atoms with Gasteiger partial charge >= 0.3 is 0 Å². The maximum Gasteiger partial charge on any atom is 0.272 e. The van der Waals surface area contributed by atoms with Gasteiger partial charge in [-0.25, -0.2) is 4.98 Å². The van der Waals surface area contributed by atoms with Crippen molar-refractivity contribution in [2.24, 2.45) is 5.16 Å². The van der Waals surface area contributed by atoms with E-state index in [2.05, 4.69) is 10.1 Å². The molecule has 0 bridgehead atoms. The zero-order chi connectivity index (χ0) is 14.1. The zero-order valence-corrected chi connectivity index (χ0v) is 12.8. The van der Waals surface area contributed by atoms with E-state index in [1.807, 2.05) is 11.4 Å². The summed E-state index contributed by atoms with van der Waals surface area (Å²) >= 11 is 8.73. The number of carbonyl (C=O) groups excluding carboxylic acids is 1.